The fourth-order valence-electron chi connectivity index (χ4n) is 2.95. The van der Waals surface area contributed by atoms with Gasteiger partial charge in [-0.05, 0) is 39.3 Å². The van der Waals surface area contributed by atoms with Crippen LogP contribution in [0.25, 0.3) is 11.1 Å². The van der Waals surface area contributed by atoms with Gasteiger partial charge in [0.2, 0.25) is 5.91 Å². The van der Waals surface area contributed by atoms with E-state index in [1.165, 1.54) is 4.57 Å². The number of amides is 2. The molecule has 1 aliphatic rings. The van der Waals surface area contributed by atoms with Crippen LogP contribution in [0.5, 0.6) is 0 Å². The van der Waals surface area contributed by atoms with Crippen molar-refractivity contribution in [2.45, 2.75) is 32.8 Å². The molecule has 8 heteroatoms. The molecule has 2 amide bonds. The summed E-state index contributed by atoms with van der Waals surface area (Å²) in [6, 6.07) is 5.17. The Kier molecular flexibility index (Phi) is 4.52. The van der Waals surface area contributed by atoms with E-state index in [1.807, 2.05) is 0 Å². The topological polar surface area (TPSA) is 93.8 Å². The third kappa shape index (κ3) is 3.58. The lowest BCUT2D eigenvalue weighted by molar-refractivity contribution is -0.119. The Morgan fingerprint density at radius 2 is 2.04 bits per heavy atom. The number of likely N-dealkylation sites (tertiary alicyclic amines) is 1. The largest absolute Gasteiger partial charge is 0.444 e. The van der Waals surface area contributed by atoms with Gasteiger partial charge in [0.1, 0.15) is 5.60 Å². The Balaban J connectivity index is 1.69. The number of para-hydroxylation sites is 1. The molecule has 0 radical (unpaired) electrons. The third-order valence-electron chi connectivity index (χ3n) is 4.29. The fourth-order valence-corrected chi connectivity index (χ4v) is 2.95. The molecule has 0 bridgehead atoms. The minimum atomic E-state index is -0.572. The Morgan fingerprint density at radius 3 is 2.73 bits per heavy atom. The van der Waals surface area contributed by atoms with E-state index >= 15 is 0 Å². The van der Waals surface area contributed by atoms with Crippen LogP contribution in [-0.4, -0.2) is 40.2 Å². The number of hydrogen-bond acceptors (Lipinski definition) is 5. The minimum Gasteiger partial charge on any atom is -0.444 e. The van der Waals surface area contributed by atoms with Gasteiger partial charge in [0.25, 0.3) is 0 Å². The highest BCUT2D eigenvalue weighted by molar-refractivity contribution is 6.00. The smallest absolute Gasteiger partial charge is 0.419 e. The van der Waals surface area contributed by atoms with Gasteiger partial charge in [-0.25, -0.2) is 9.59 Å². The first-order chi connectivity index (χ1) is 12.2. The van der Waals surface area contributed by atoms with E-state index < -0.39 is 17.5 Å². The van der Waals surface area contributed by atoms with Gasteiger partial charge in [-0.3, -0.25) is 9.36 Å². The van der Waals surface area contributed by atoms with Crippen LogP contribution in [0.4, 0.5) is 10.5 Å². The first-order valence-corrected chi connectivity index (χ1v) is 8.53. The van der Waals surface area contributed by atoms with E-state index in [0.717, 1.165) is 0 Å². The molecule has 0 spiro atoms. The van der Waals surface area contributed by atoms with Gasteiger partial charge in [0.05, 0.1) is 17.1 Å². The van der Waals surface area contributed by atoms with E-state index in [0.29, 0.717) is 36.3 Å². The molecule has 1 atom stereocenters. The van der Waals surface area contributed by atoms with Crippen molar-refractivity contribution in [2.24, 2.45) is 13.0 Å². The maximum absolute atomic E-state index is 12.6. The van der Waals surface area contributed by atoms with Crippen molar-refractivity contribution in [2.75, 3.05) is 18.4 Å². The lowest BCUT2D eigenvalue weighted by atomic mass is 10.1. The standard InChI is InChI=1S/C18H23N3O5/c1-18(2,3)26-17(24)21-9-8-11(10-21)15(22)19-12-6-5-7-13-14(12)25-16(23)20(13)4/h5-7,11H,8-10H2,1-4H3,(H,19,22). The molecular weight excluding hydrogens is 338 g/mol. The number of aromatic nitrogens is 1. The van der Waals surface area contributed by atoms with Crippen LogP contribution in [0.1, 0.15) is 27.2 Å². The Labute approximate surface area is 150 Å². The Bertz CT molecular complexity index is 906. The highest BCUT2D eigenvalue weighted by Gasteiger charge is 2.33. The zero-order valence-electron chi connectivity index (χ0n) is 15.4. The predicted octanol–water partition coefficient (Wildman–Crippen LogP) is 2.33. The Hall–Kier alpha value is -2.77. The van der Waals surface area contributed by atoms with Crippen LogP contribution in [0.15, 0.2) is 27.4 Å². The normalized spacial score (nSPS) is 17.5. The Morgan fingerprint density at radius 1 is 1.31 bits per heavy atom. The number of hydrogen-bond donors (Lipinski definition) is 1. The van der Waals surface area contributed by atoms with Gasteiger partial charge < -0.3 is 19.4 Å². The molecular formula is C18H23N3O5. The highest BCUT2D eigenvalue weighted by Crippen LogP contribution is 2.25. The van der Waals surface area contributed by atoms with E-state index in [1.54, 1.807) is 50.9 Å². The number of carbonyl (C=O) groups is 2. The van der Waals surface area contributed by atoms with Gasteiger partial charge in [0, 0.05) is 20.1 Å². The van der Waals surface area contributed by atoms with Crippen LogP contribution in [-0.2, 0) is 16.6 Å². The van der Waals surface area contributed by atoms with Crippen LogP contribution in [0, 0.1) is 5.92 Å². The van der Waals surface area contributed by atoms with Gasteiger partial charge in [-0.1, -0.05) is 6.07 Å². The second-order valence-corrected chi connectivity index (χ2v) is 7.48. The first-order valence-electron chi connectivity index (χ1n) is 8.53. The molecule has 1 fully saturated rings. The van der Waals surface area contributed by atoms with Crippen molar-refractivity contribution in [1.82, 2.24) is 9.47 Å². The van der Waals surface area contributed by atoms with Crippen molar-refractivity contribution < 1.29 is 18.7 Å². The van der Waals surface area contributed by atoms with Crippen molar-refractivity contribution in [3.63, 3.8) is 0 Å². The number of rotatable bonds is 2. The number of nitrogens with one attached hydrogen (secondary N) is 1. The van der Waals surface area contributed by atoms with Crippen LogP contribution in [0.3, 0.4) is 0 Å². The zero-order valence-corrected chi connectivity index (χ0v) is 15.4. The molecule has 1 aromatic carbocycles. The number of oxazole rings is 1. The quantitative estimate of drug-likeness (QED) is 0.886. The van der Waals surface area contributed by atoms with E-state index in [9.17, 15) is 14.4 Å². The molecule has 1 saturated heterocycles. The number of anilines is 1. The van der Waals surface area contributed by atoms with Gasteiger partial charge >= 0.3 is 11.8 Å². The average molecular weight is 361 g/mol. The summed E-state index contributed by atoms with van der Waals surface area (Å²) in [5.74, 6) is -1.04. The monoisotopic (exact) mass is 361 g/mol. The number of nitrogens with zero attached hydrogens (tertiary/aromatic N) is 2. The second-order valence-electron chi connectivity index (χ2n) is 7.48. The van der Waals surface area contributed by atoms with Gasteiger partial charge in [-0.2, -0.15) is 0 Å². The molecule has 8 nitrogen and oxygen atoms in total. The van der Waals surface area contributed by atoms with Crippen molar-refractivity contribution in [3.8, 4) is 0 Å². The predicted molar refractivity (Wildman–Crippen MR) is 96.0 cm³/mol. The molecule has 140 valence electrons. The lowest BCUT2D eigenvalue weighted by Gasteiger charge is -2.24. The lowest BCUT2D eigenvalue weighted by Crippen LogP contribution is -2.36. The summed E-state index contributed by atoms with van der Waals surface area (Å²) >= 11 is 0. The van der Waals surface area contributed by atoms with E-state index in [2.05, 4.69) is 5.32 Å². The molecule has 1 N–H and O–H groups in total. The average Bonchev–Trinajstić information content (AvgIpc) is 3.13. The maximum atomic E-state index is 12.6. The summed E-state index contributed by atoms with van der Waals surface area (Å²) in [7, 11) is 1.61. The fraction of sp³-hybridized carbons (Fsp3) is 0.500. The minimum absolute atomic E-state index is 0.213. The summed E-state index contributed by atoms with van der Waals surface area (Å²) in [6.45, 7) is 6.19. The SMILES string of the molecule is Cn1c(=O)oc2c(NC(=O)C3CCN(C(=O)OC(C)(C)C)C3)cccc21. The molecule has 1 unspecified atom stereocenters. The van der Waals surface area contributed by atoms with Gasteiger partial charge in [0.15, 0.2) is 5.58 Å². The van der Waals surface area contributed by atoms with Crippen LogP contribution >= 0.6 is 0 Å². The van der Waals surface area contributed by atoms with Crippen molar-refractivity contribution in [3.05, 3.63) is 28.7 Å². The summed E-state index contributed by atoms with van der Waals surface area (Å²) in [6.07, 6.45) is 0.142. The molecule has 1 aliphatic heterocycles. The number of ether oxygens (including phenoxy) is 1. The van der Waals surface area contributed by atoms with Crippen LogP contribution in [0.2, 0.25) is 0 Å². The van der Waals surface area contributed by atoms with Crippen molar-refractivity contribution in [1.29, 1.82) is 0 Å². The summed E-state index contributed by atoms with van der Waals surface area (Å²) in [5.41, 5.74) is 0.823. The maximum Gasteiger partial charge on any atom is 0.419 e. The molecule has 1 aromatic heterocycles. The van der Waals surface area contributed by atoms with E-state index in [-0.39, 0.29) is 11.8 Å². The number of benzene rings is 1. The molecule has 0 saturated carbocycles. The summed E-state index contributed by atoms with van der Waals surface area (Å²) in [5, 5.41) is 2.81. The first kappa shape index (κ1) is 18.0. The third-order valence-corrected chi connectivity index (χ3v) is 4.29. The number of aryl methyl sites for hydroxylation is 1. The van der Waals surface area contributed by atoms with Crippen molar-refractivity contribution >= 4 is 28.8 Å². The molecule has 2 aromatic rings. The molecule has 26 heavy (non-hydrogen) atoms. The second kappa shape index (κ2) is 6.51. The zero-order chi connectivity index (χ0) is 19.1. The molecule has 2 heterocycles. The number of fused-ring (bicyclic) bond motifs is 1. The highest BCUT2D eigenvalue weighted by atomic mass is 16.6. The number of carbonyl (C=O) groups excluding carboxylic acids is 2. The summed E-state index contributed by atoms with van der Waals surface area (Å²) in [4.78, 5) is 37.9. The van der Waals surface area contributed by atoms with Crippen LogP contribution < -0.4 is 11.1 Å². The van der Waals surface area contributed by atoms with E-state index in [4.69, 9.17) is 9.15 Å². The summed E-state index contributed by atoms with van der Waals surface area (Å²) < 4.78 is 11.9. The van der Waals surface area contributed by atoms with Gasteiger partial charge in [-0.15, -0.1) is 0 Å². The molecule has 0 aliphatic carbocycles. The molecule has 3 rings (SSSR count).